The van der Waals surface area contributed by atoms with E-state index in [-0.39, 0.29) is 11.7 Å². The molecular weight excluding hydrogens is 347 g/mol. The Hall–Kier alpha value is -1.98. The molecule has 0 spiro atoms. The fourth-order valence-electron chi connectivity index (χ4n) is 3.26. The first kappa shape index (κ1) is 18.8. The zero-order chi connectivity index (χ0) is 18.4. The highest BCUT2D eigenvalue weighted by atomic mass is 32.1. The van der Waals surface area contributed by atoms with Crippen LogP contribution in [0.1, 0.15) is 30.2 Å². The maximum Gasteiger partial charge on any atom is 0.244 e. The number of carbonyl (C=O) groups excluding carboxylic acids is 1. The molecule has 0 radical (unpaired) electrons. The van der Waals surface area contributed by atoms with Crippen LogP contribution in [0.4, 0.5) is 4.39 Å². The molecule has 3 nitrogen and oxygen atoms in total. The lowest BCUT2D eigenvalue weighted by molar-refractivity contribution is -0.116. The van der Waals surface area contributed by atoms with Gasteiger partial charge in [0.15, 0.2) is 0 Å². The first-order chi connectivity index (χ1) is 12.6. The van der Waals surface area contributed by atoms with Gasteiger partial charge in [-0.15, -0.1) is 11.3 Å². The van der Waals surface area contributed by atoms with E-state index in [4.69, 9.17) is 0 Å². The van der Waals surface area contributed by atoms with E-state index in [1.54, 1.807) is 18.2 Å². The van der Waals surface area contributed by atoms with Gasteiger partial charge in [-0.1, -0.05) is 18.2 Å². The number of benzene rings is 1. The molecular formula is C21H25FN2OS. The van der Waals surface area contributed by atoms with Crippen LogP contribution >= 0.6 is 11.3 Å². The number of carbonyl (C=O) groups is 1. The van der Waals surface area contributed by atoms with E-state index in [1.807, 2.05) is 18.3 Å². The van der Waals surface area contributed by atoms with E-state index in [2.05, 4.69) is 27.7 Å². The van der Waals surface area contributed by atoms with Crippen molar-refractivity contribution >= 4 is 22.8 Å². The van der Waals surface area contributed by atoms with Crippen molar-refractivity contribution in [2.45, 2.75) is 26.3 Å². The summed E-state index contributed by atoms with van der Waals surface area (Å²) in [5, 5.41) is 5.14. The maximum atomic E-state index is 13.0. The molecule has 1 aliphatic rings. The Kier molecular flexibility index (Phi) is 6.58. The number of nitrogens with zero attached hydrogens (tertiary/aromatic N) is 1. The summed E-state index contributed by atoms with van der Waals surface area (Å²) in [5.41, 5.74) is 1.71. The highest BCUT2D eigenvalue weighted by Crippen LogP contribution is 2.20. The summed E-state index contributed by atoms with van der Waals surface area (Å²) in [6.45, 7) is 5.80. The summed E-state index contributed by atoms with van der Waals surface area (Å²) < 4.78 is 13.0. The quantitative estimate of drug-likeness (QED) is 0.766. The fourth-order valence-corrected chi connectivity index (χ4v) is 4.01. The summed E-state index contributed by atoms with van der Waals surface area (Å²) >= 11 is 1.81. The predicted octanol–water partition coefficient (Wildman–Crippen LogP) is 4.32. The fraction of sp³-hybridized carbons (Fsp3) is 0.381. The van der Waals surface area contributed by atoms with Crippen LogP contribution in [-0.2, 0) is 11.3 Å². The van der Waals surface area contributed by atoms with Gasteiger partial charge in [-0.05, 0) is 73.5 Å². The number of amides is 1. The van der Waals surface area contributed by atoms with Crippen molar-refractivity contribution in [2.24, 2.45) is 5.92 Å². The van der Waals surface area contributed by atoms with Gasteiger partial charge in [0.1, 0.15) is 5.82 Å². The number of rotatable bonds is 6. The van der Waals surface area contributed by atoms with E-state index in [1.165, 1.54) is 17.0 Å². The summed E-state index contributed by atoms with van der Waals surface area (Å²) in [7, 11) is 0. The van der Waals surface area contributed by atoms with E-state index in [0.29, 0.717) is 5.92 Å². The standard InChI is InChI=1S/C21H25FN2OS/c1-16(18-4-6-19(22)7-5-18)13-21(25)23-14-17-8-10-24(11-9-17)15-20-3-2-12-26-20/h2-7,12-13,17H,8-11,14-15H2,1H3,(H,23,25)/b16-13-. The number of thiophene rings is 1. The van der Waals surface area contributed by atoms with Gasteiger partial charge in [-0.2, -0.15) is 0 Å². The molecule has 1 aromatic carbocycles. The van der Waals surface area contributed by atoms with Crippen LogP contribution in [0.2, 0.25) is 0 Å². The Morgan fingerprint density at radius 1 is 1.27 bits per heavy atom. The van der Waals surface area contributed by atoms with Gasteiger partial charge in [-0.25, -0.2) is 4.39 Å². The van der Waals surface area contributed by atoms with Crippen molar-refractivity contribution < 1.29 is 9.18 Å². The maximum absolute atomic E-state index is 13.0. The molecule has 2 aromatic rings. The number of halogens is 1. The van der Waals surface area contributed by atoms with Gasteiger partial charge < -0.3 is 5.32 Å². The second kappa shape index (κ2) is 9.10. The van der Waals surface area contributed by atoms with Gasteiger partial charge in [0.2, 0.25) is 5.91 Å². The number of allylic oxidation sites excluding steroid dienone is 1. The van der Waals surface area contributed by atoms with E-state index >= 15 is 0 Å². The molecule has 1 aromatic heterocycles. The lowest BCUT2D eigenvalue weighted by Crippen LogP contribution is -2.37. The third-order valence-corrected chi connectivity index (χ3v) is 5.74. The van der Waals surface area contributed by atoms with Crippen molar-refractivity contribution in [3.8, 4) is 0 Å². The number of likely N-dealkylation sites (tertiary alicyclic amines) is 1. The van der Waals surface area contributed by atoms with E-state index in [9.17, 15) is 9.18 Å². The van der Waals surface area contributed by atoms with Gasteiger partial charge in [-0.3, -0.25) is 9.69 Å². The molecule has 1 amide bonds. The third-order valence-electron chi connectivity index (χ3n) is 4.88. The topological polar surface area (TPSA) is 32.3 Å². The number of hydrogen-bond acceptors (Lipinski definition) is 3. The molecule has 0 aliphatic carbocycles. The van der Waals surface area contributed by atoms with Crippen LogP contribution in [0.25, 0.3) is 5.57 Å². The molecule has 5 heteroatoms. The first-order valence-electron chi connectivity index (χ1n) is 9.07. The van der Waals surface area contributed by atoms with Crippen LogP contribution in [0.3, 0.4) is 0 Å². The van der Waals surface area contributed by atoms with Crippen LogP contribution in [0, 0.1) is 11.7 Å². The molecule has 3 rings (SSSR count). The van der Waals surface area contributed by atoms with E-state index < -0.39 is 0 Å². The molecule has 0 atom stereocenters. The number of hydrogen-bond donors (Lipinski definition) is 1. The van der Waals surface area contributed by atoms with Crippen molar-refractivity contribution in [3.05, 3.63) is 64.1 Å². The van der Waals surface area contributed by atoms with Crippen molar-refractivity contribution in [3.63, 3.8) is 0 Å². The molecule has 1 aliphatic heterocycles. The minimum atomic E-state index is -0.267. The molecule has 1 saturated heterocycles. The predicted molar refractivity (Wildman–Crippen MR) is 105 cm³/mol. The zero-order valence-corrected chi connectivity index (χ0v) is 15.9. The first-order valence-corrected chi connectivity index (χ1v) is 9.95. The molecule has 0 bridgehead atoms. The highest BCUT2D eigenvalue weighted by Gasteiger charge is 2.19. The average molecular weight is 373 g/mol. The number of piperidine rings is 1. The molecule has 1 N–H and O–H groups in total. The molecule has 0 saturated carbocycles. The lowest BCUT2D eigenvalue weighted by atomic mass is 9.96. The summed E-state index contributed by atoms with van der Waals surface area (Å²) in [6.07, 6.45) is 3.83. The Bertz CT molecular complexity index is 732. The normalized spacial score (nSPS) is 16.6. The van der Waals surface area contributed by atoms with Crippen molar-refractivity contribution in [1.82, 2.24) is 10.2 Å². The Morgan fingerprint density at radius 2 is 2.00 bits per heavy atom. The summed E-state index contributed by atoms with van der Waals surface area (Å²) in [4.78, 5) is 16.0. The SMILES string of the molecule is C/C(=C/C(=O)NCC1CCN(Cc2cccs2)CC1)c1ccc(F)cc1. The highest BCUT2D eigenvalue weighted by molar-refractivity contribution is 7.09. The molecule has 26 heavy (non-hydrogen) atoms. The lowest BCUT2D eigenvalue weighted by Gasteiger charge is -2.31. The summed E-state index contributed by atoms with van der Waals surface area (Å²) in [6, 6.07) is 10.5. The largest absolute Gasteiger partial charge is 0.352 e. The van der Waals surface area contributed by atoms with Crippen LogP contribution in [0.15, 0.2) is 47.9 Å². The number of nitrogens with one attached hydrogen (secondary N) is 1. The third kappa shape index (κ3) is 5.51. The Labute approximate surface area is 158 Å². The Morgan fingerprint density at radius 3 is 2.65 bits per heavy atom. The van der Waals surface area contributed by atoms with Crippen molar-refractivity contribution in [2.75, 3.05) is 19.6 Å². The molecule has 2 heterocycles. The smallest absolute Gasteiger partial charge is 0.244 e. The van der Waals surface area contributed by atoms with Gasteiger partial charge >= 0.3 is 0 Å². The summed E-state index contributed by atoms with van der Waals surface area (Å²) in [5.74, 6) is 0.197. The van der Waals surface area contributed by atoms with Gasteiger partial charge in [0.25, 0.3) is 0 Å². The van der Waals surface area contributed by atoms with Crippen LogP contribution < -0.4 is 5.32 Å². The van der Waals surface area contributed by atoms with Crippen LogP contribution in [-0.4, -0.2) is 30.4 Å². The van der Waals surface area contributed by atoms with Crippen LogP contribution in [0.5, 0.6) is 0 Å². The molecule has 0 unspecified atom stereocenters. The molecule has 1 fully saturated rings. The minimum Gasteiger partial charge on any atom is -0.352 e. The second-order valence-electron chi connectivity index (χ2n) is 6.88. The molecule has 138 valence electrons. The monoisotopic (exact) mass is 372 g/mol. The van der Waals surface area contributed by atoms with Crippen molar-refractivity contribution in [1.29, 1.82) is 0 Å². The minimum absolute atomic E-state index is 0.0761. The zero-order valence-electron chi connectivity index (χ0n) is 15.1. The van der Waals surface area contributed by atoms with Gasteiger partial charge in [0, 0.05) is 24.0 Å². The van der Waals surface area contributed by atoms with Gasteiger partial charge in [0.05, 0.1) is 0 Å². The average Bonchev–Trinajstić information content (AvgIpc) is 3.15. The second-order valence-corrected chi connectivity index (χ2v) is 7.91. The Balaban J connectivity index is 1.41. The van der Waals surface area contributed by atoms with E-state index in [0.717, 1.165) is 50.2 Å².